The topological polar surface area (TPSA) is 33.6 Å². The van der Waals surface area contributed by atoms with Crippen molar-refractivity contribution in [1.29, 1.82) is 0 Å². The van der Waals surface area contributed by atoms with Gasteiger partial charge in [-0.1, -0.05) is 66.7 Å². The van der Waals surface area contributed by atoms with Gasteiger partial charge in [0.05, 0.1) is 17.1 Å². The van der Waals surface area contributed by atoms with Gasteiger partial charge >= 0.3 is 0 Å². The second-order valence-electron chi connectivity index (χ2n) is 6.27. The quantitative estimate of drug-likeness (QED) is 0.451. The number of nitrogens with one attached hydrogen (secondary N) is 1. The maximum absolute atomic E-state index is 4.86. The van der Waals surface area contributed by atoms with Crippen molar-refractivity contribution in [3.63, 3.8) is 0 Å². The minimum Gasteiger partial charge on any atom is -0.354 e. The predicted octanol–water partition coefficient (Wildman–Crippen LogP) is 5.69. The molecule has 2 aromatic heterocycles. The zero-order valence-electron chi connectivity index (χ0n) is 14.1. The highest BCUT2D eigenvalue weighted by Crippen LogP contribution is 2.37. The molecule has 5 aromatic rings. The number of nitrogens with zero attached hydrogens (tertiary/aromatic N) is 2. The molecular formula is C23H17N3. The number of rotatable bonds is 3. The number of hydrogen-bond donors (Lipinski definition) is 1. The molecule has 5 rings (SSSR count). The van der Waals surface area contributed by atoms with Crippen LogP contribution in [-0.2, 0) is 0 Å². The molecule has 0 atom stereocenters. The third-order valence-corrected chi connectivity index (χ3v) is 4.63. The normalized spacial score (nSPS) is 11.1. The van der Waals surface area contributed by atoms with E-state index in [0.717, 1.165) is 33.7 Å². The first-order chi connectivity index (χ1) is 12.9. The maximum Gasteiger partial charge on any atom is 0.0955 e. The molecule has 3 nitrogen and oxygen atoms in total. The van der Waals surface area contributed by atoms with Crippen LogP contribution in [0, 0.1) is 0 Å². The molecule has 2 heterocycles. The van der Waals surface area contributed by atoms with E-state index in [9.17, 15) is 0 Å². The van der Waals surface area contributed by atoms with Gasteiger partial charge in [-0.2, -0.15) is 5.10 Å². The van der Waals surface area contributed by atoms with Crippen LogP contribution in [0.2, 0.25) is 0 Å². The van der Waals surface area contributed by atoms with Crippen molar-refractivity contribution in [2.75, 3.05) is 0 Å². The lowest BCUT2D eigenvalue weighted by molar-refractivity contribution is 0.885. The Morgan fingerprint density at radius 3 is 2.19 bits per heavy atom. The highest BCUT2D eigenvalue weighted by molar-refractivity contribution is 6.02. The van der Waals surface area contributed by atoms with E-state index < -0.39 is 0 Å². The Morgan fingerprint density at radius 2 is 1.38 bits per heavy atom. The molecule has 0 fully saturated rings. The van der Waals surface area contributed by atoms with Gasteiger partial charge < -0.3 is 4.98 Å². The fraction of sp³-hybridized carbons (Fsp3) is 0. The van der Waals surface area contributed by atoms with E-state index in [2.05, 4.69) is 71.7 Å². The minimum atomic E-state index is 0.963. The van der Waals surface area contributed by atoms with E-state index >= 15 is 0 Å². The molecule has 0 saturated heterocycles. The summed E-state index contributed by atoms with van der Waals surface area (Å²) in [5.41, 5.74) is 6.54. The summed E-state index contributed by atoms with van der Waals surface area (Å²) in [6.45, 7) is 0. The Hall–Kier alpha value is -3.59. The van der Waals surface area contributed by atoms with Crippen LogP contribution in [0.3, 0.4) is 0 Å². The summed E-state index contributed by atoms with van der Waals surface area (Å²) < 4.78 is 1.92. The van der Waals surface area contributed by atoms with E-state index in [0.29, 0.717) is 0 Å². The molecular weight excluding hydrogens is 318 g/mol. The number of para-hydroxylation sites is 2. The van der Waals surface area contributed by atoms with Crippen LogP contribution in [0.15, 0.2) is 97.2 Å². The summed E-state index contributed by atoms with van der Waals surface area (Å²) >= 11 is 0. The number of benzene rings is 3. The maximum atomic E-state index is 4.86. The highest BCUT2D eigenvalue weighted by Gasteiger charge is 2.17. The molecule has 26 heavy (non-hydrogen) atoms. The Kier molecular flexibility index (Phi) is 3.42. The molecule has 0 aliphatic carbocycles. The lowest BCUT2D eigenvalue weighted by Crippen LogP contribution is -1.94. The van der Waals surface area contributed by atoms with Crippen molar-refractivity contribution in [2.45, 2.75) is 0 Å². The van der Waals surface area contributed by atoms with Crippen molar-refractivity contribution in [2.24, 2.45) is 0 Å². The smallest absolute Gasteiger partial charge is 0.0955 e. The third kappa shape index (κ3) is 2.42. The van der Waals surface area contributed by atoms with Gasteiger partial charge in [0.1, 0.15) is 0 Å². The Morgan fingerprint density at radius 1 is 0.692 bits per heavy atom. The summed E-state index contributed by atoms with van der Waals surface area (Å²) in [5, 5.41) is 6.04. The van der Waals surface area contributed by atoms with Gasteiger partial charge in [0.15, 0.2) is 0 Å². The Bertz CT molecular complexity index is 1170. The van der Waals surface area contributed by atoms with Crippen molar-refractivity contribution in [1.82, 2.24) is 14.8 Å². The average molecular weight is 335 g/mol. The Balaban J connectivity index is 1.73. The van der Waals surface area contributed by atoms with Gasteiger partial charge in [0.2, 0.25) is 0 Å². The third-order valence-electron chi connectivity index (χ3n) is 4.63. The van der Waals surface area contributed by atoms with Crippen molar-refractivity contribution in [3.8, 4) is 28.2 Å². The molecule has 0 unspecified atom stereocenters. The van der Waals surface area contributed by atoms with E-state index in [1.807, 2.05) is 35.1 Å². The molecule has 0 amide bonds. The van der Waals surface area contributed by atoms with Crippen molar-refractivity contribution < 1.29 is 0 Å². The number of hydrogen-bond acceptors (Lipinski definition) is 1. The largest absolute Gasteiger partial charge is 0.354 e. The van der Waals surface area contributed by atoms with Crippen LogP contribution in [0.1, 0.15) is 0 Å². The molecule has 3 heteroatoms. The summed E-state index contributed by atoms with van der Waals surface area (Å²) in [7, 11) is 0. The zero-order valence-corrected chi connectivity index (χ0v) is 14.1. The van der Waals surface area contributed by atoms with Crippen molar-refractivity contribution in [3.05, 3.63) is 97.2 Å². The van der Waals surface area contributed by atoms with Gasteiger partial charge in [0.25, 0.3) is 0 Å². The fourth-order valence-electron chi connectivity index (χ4n) is 3.41. The van der Waals surface area contributed by atoms with Gasteiger partial charge in [-0.15, -0.1) is 0 Å². The molecule has 0 bridgehead atoms. The fourth-order valence-corrected chi connectivity index (χ4v) is 3.41. The number of aromatic nitrogens is 3. The first-order valence-electron chi connectivity index (χ1n) is 8.68. The first kappa shape index (κ1) is 14.7. The van der Waals surface area contributed by atoms with Gasteiger partial charge in [-0.3, -0.25) is 0 Å². The first-order valence-corrected chi connectivity index (χ1v) is 8.68. The van der Waals surface area contributed by atoms with Gasteiger partial charge in [-0.25, -0.2) is 4.68 Å². The molecule has 0 aliphatic heterocycles. The van der Waals surface area contributed by atoms with E-state index in [1.54, 1.807) is 0 Å². The standard InChI is InChI=1S/C23H17N3/c1-3-9-17(10-4-1)23-22(19-13-7-8-14-20(19)24-23)21-15-16-26(25-21)18-11-5-2-6-12-18/h1-16,24H. The lowest BCUT2D eigenvalue weighted by Gasteiger charge is -2.03. The highest BCUT2D eigenvalue weighted by atomic mass is 15.3. The summed E-state index contributed by atoms with van der Waals surface area (Å²) in [6.07, 6.45) is 2.02. The summed E-state index contributed by atoms with van der Waals surface area (Å²) in [6, 6.07) is 31.1. The Labute approximate surface area is 151 Å². The van der Waals surface area contributed by atoms with Crippen molar-refractivity contribution >= 4 is 10.9 Å². The molecule has 3 aromatic carbocycles. The van der Waals surface area contributed by atoms with Crippen LogP contribution in [0.25, 0.3) is 39.1 Å². The van der Waals surface area contributed by atoms with Crippen LogP contribution >= 0.6 is 0 Å². The van der Waals surface area contributed by atoms with Crippen LogP contribution in [0.4, 0.5) is 0 Å². The molecule has 0 aliphatic rings. The zero-order chi connectivity index (χ0) is 17.3. The molecule has 1 N–H and O–H groups in total. The molecule has 124 valence electrons. The van der Waals surface area contributed by atoms with E-state index in [-0.39, 0.29) is 0 Å². The summed E-state index contributed by atoms with van der Waals surface area (Å²) in [4.78, 5) is 3.58. The van der Waals surface area contributed by atoms with Crippen LogP contribution in [-0.4, -0.2) is 14.8 Å². The minimum absolute atomic E-state index is 0.963. The van der Waals surface area contributed by atoms with Gasteiger partial charge in [-0.05, 0) is 29.8 Å². The molecule has 0 spiro atoms. The monoisotopic (exact) mass is 335 g/mol. The van der Waals surface area contributed by atoms with Crippen LogP contribution < -0.4 is 0 Å². The number of fused-ring (bicyclic) bond motifs is 1. The SMILES string of the molecule is c1ccc(-c2[nH]c3ccccc3c2-c2ccn(-c3ccccc3)n2)cc1. The number of aromatic amines is 1. The lowest BCUT2D eigenvalue weighted by atomic mass is 10.0. The summed E-state index contributed by atoms with van der Waals surface area (Å²) in [5.74, 6) is 0. The molecule has 0 radical (unpaired) electrons. The van der Waals surface area contributed by atoms with E-state index in [4.69, 9.17) is 5.10 Å². The van der Waals surface area contributed by atoms with Gasteiger partial charge in [0, 0.05) is 22.7 Å². The number of H-pyrrole nitrogens is 1. The second-order valence-corrected chi connectivity index (χ2v) is 6.27. The average Bonchev–Trinajstić information content (AvgIpc) is 3.34. The van der Waals surface area contributed by atoms with Crippen LogP contribution in [0.5, 0.6) is 0 Å². The molecule has 0 saturated carbocycles. The predicted molar refractivity (Wildman–Crippen MR) is 106 cm³/mol. The second kappa shape index (κ2) is 6.05. The van der Waals surface area contributed by atoms with E-state index in [1.165, 1.54) is 5.39 Å².